The largest absolute Gasteiger partial charge is 0.357 e. The number of hydrogen-bond donors (Lipinski definition) is 2. The summed E-state index contributed by atoms with van der Waals surface area (Å²) in [7, 11) is 0. The molecule has 0 atom stereocenters. The van der Waals surface area contributed by atoms with Crippen LogP contribution in [0.3, 0.4) is 0 Å². The number of carbonyl (C=O) groups excluding carboxylic acids is 1. The number of nitrogens with zero attached hydrogens (tertiary/aromatic N) is 2. The highest BCUT2D eigenvalue weighted by Gasteiger charge is 2.15. The first-order chi connectivity index (χ1) is 12.7. The molecule has 0 aromatic heterocycles. The molecule has 2 N–H and O–H groups in total. The van der Waals surface area contributed by atoms with Crippen LogP contribution < -0.4 is 10.6 Å². The van der Waals surface area contributed by atoms with Crippen molar-refractivity contribution in [3.05, 3.63) is 35.4 Å². The summed E-state index contributed by atoms with van der Waals surface area (Å²) in [5.74, 6) is 1.18. The molecule has 6 heteroatoms. The average molecular weight is 486 g/mol. The zero-order valence-electron chi connectivity index (χ0n) is 16.8. The summed E-state index contributed by atoms with van der Waals surface area (Å²) >= 11 is 0. The van der Waals surface area contributed by atoms with E-state index < -0.39 is 0 Å². The highest BCUT2D eigenvalue weighted by Crippen LogP contribution is 2.11. The minimum atomic E-state index is 0. The van der Waals surface area contributed by atoms with Gasteiger partial charge in [-0.15, -0.1) is 24.0 Å². The summed E-state index contributed by atoms with van der Waals surface area (Å²) in [6.45, 7) is 8.39. The Bertz CT molecular complexity index is 591. The molecule has 2 rings (SSSR count). The van der Waals surface area contributed by atoms with Gasteiger partial charge in [0.25, 0.3) is 0 Å². The third kappa shape index (κ3) is 9.44. The Morgan fingerprint density at radius 2 is 2.07 bits per heavy atom. The van der Waals surface area contributed by atoms with Crippen molar-refractivity contribution in [2.24, 2.45) is 4.99 Å². The van der Waals surface area contributed by atoms with Crippen molar-refractivity contribution < 1.29 is 4.79 Å². The number of aryl methyl sites for hydroxylation is 1. The molecule has 0 radical (unpaired) electrons. The van der Waals surface area contributed by atoms with Crippen LogP contribution in [0.1, 0.15) is 50.2 Å². The van der Waals surface area contributed by atoms with Gasteiger partial charge in [-0.05, 0) is 45.1 Å². The third-order valence-corrected chi connectivity index (χ3v) is 4.66. The Morgan fingerprint density at radius 1 is 1.22 bits per heavy atom. The molecule has 1 aliphatic rings. The summed E-state index contributed by atoms with van der Waals surface area (Å²) < 4.78 is 0. The minimum absolute atomic E-state index is 0. The van der Waals surface area contributed by atoms with Gasteiger partial charge in [0.05, 0.1) is 0 Å². The van der Waals surface area contributed by atoms with Gasteiger partial charge >= 0.3 is 0 Å². The van der Waals surface area contributed by atoms with Crippen LogP contribution in [0, 0.1) is 6.92 Å². The molecule has 1 fully saturated rings. The van der Waals surface area contributed by atoms with Gasteiger partial charge in [0.1, 0.15) is 0 Å². The lowest BCUT2D eigenvalue weighted by molar-refractivity contribution is -0.130. The highest BCUT2D eigenvalue weighted by atomic mass is 127. The standard InChI is InChI=1S/C21H34N4O.HI/c1-3-22-21(24-14-12-19-10-7-9-18(2)17-19)23-13-8-16-25-15-6-4-5-11-20(25)26;/h7,9-10,17H,3-6,8,11-16H2,1-2H3,(H2,22,23,24);1H. The molecule has 1 amide bonds. The fraction of sp³-hybridized carbons (Fsp3) is 0.619. The van der Waals surface area contributed by atoms with E-state index in [0.29, 0.717) is 12.3 Å². The first-order valence-corrected chi connectivity index (χ1v) is 10.0. The molecular weight excluding hydrogens is 451 g/mol. The molecule has 1 aromatic rings. The molecular formula is C21H35IN4O. The van der Waals surface area contributed by atoms with E-state index in [0.717, 1.165) is 64.4 Å². The summed E-state index contributed by atoms with van der Waals surface area (Å²) in [6.07, 6.45) is 5.97. The molecule has 1 aromatic carbocycles. The zero-order chi connectivity index (χ0) is 18.6. The number of hydrogen-bond acceptors (Lipinski definition) is 2. The Morgan fingerprint density at radius 3 is 2.85 bits per heavy atom. The molecule has 1 saturated heterocycles. The van der Waals surface area contributed by atoms with E-state index in [2.05, 4.69) is 53.7 Å². The fourth-order valence-electron chi connectivity index (χ4n) is 3.26. The van der Waals surface area contributed by atoms with Crippen LogP contribution in [-0.4, -0.2) is 49.5 Å². The van der Waals surface area contributed by atoms with Gasteiger partial charge in [0.2, 0.25) is 5.91 Å². The van der Waals surface area contributed by atoms with Gasteiger partial charge < -0.3 is 15.5 Å². The SMILES string of the molecule is CCNC(=NCCCN1CCCCCC1=O)NCCc1cccc(C)c1.I. The van der Waals surface area contributed by atoms with E-state index in [1.807, 2.05) is 4.90 Å². The highest BCUT2D eigenvalue weighted by molar-refractivity contribution is 14.0. The van der Waals surface area contributed by atoms with Crippen molar-refractivity contribution in [1.82, 2.24) is 15.5 Å². The maximum atomic E-state index is 12.0. The number of amides is 1. The topological polar surface area (TPSA) is 56.7 Å². The lowest BCUT2D eigenvalue weighted by Crippen LogP contribution is -2.38. The number of benzene rings is 1. The molecule has 0 saturated carbocycles. The number of carbonyl (C=O) groups is 1. The molecule has 0 aliphatic carbocycles. The Labute approximate surface area is 181 Å². The number of nitrogens with one attached hydrogen (secondary N) is 2. The fourth-order valence-corrected chi connectivity index (χ4v) is 3.26. The molecule has 1 heterocycles. The maximum Gasteiger partial charge on any atom is 0.222 e. The van der Waals surface area contributed by atoms with Crippen molar-refractivity contribution in [3.63, 3.8) is 0 Å². The molecule has 0 bridgehead atoms. The Kier molecular flexibility index (Phi) is 12.1. The van der Waals surface area contributed by atoms with Crippen LogP contribution in [0.4, 0.5) is 0 Å². The second-order valence-electron chi connectivity index (χ2n) is 6.97. The monoisotopic (exact) mass is 486 g/mol. The Hall–Kier alpha value is -1.31. The van der Waals surface area contributed by atoms with Crippen molar-refractivity contribution >= 4 is 35.8 Å². The van der Waals surface area contributed by atoms with Gasteiger partial charge in [0, 0.05) is 39.1 Å². The summed E-state index contributed by atoms with van der Waals surface area (Å²) in [5, 5.41) is 6.70. The molecule has 1 aliphatic heterocycles. The van der Waals surface area contributed by atoms with Crippen molar-refractivity contribution in [2.45, 2.75) is 52.4 Å². The number of rotatable bonds is 8. The van der Waals surface area contributed by atoms with Crippen LogP contribution in [0.5, 0.6) is 0 Å². The molecule has 152 valence electrons. The van der Waals surface area contributed by atoms with Crippen LogP contribution in [-0.2, 0) is 11.2 Å². The van der Waals surface area contributed by atoms with Gasteiger partial charge in [-0.1, -0.05) is 36.2 Å². The quantitative estimate of drug-likeness (QED) is 0.256. The summed E-state index contributed by atoms with van der Waals surface area (Å²) in [6, 6.07) is 8.62. The second-order valence-corrected chi connectivity index (χ2v) is 6.97. The average Bonchev–Trinajstić information content (AvgIpc) is 2.83. The molecule has 0 unspecified atom stereocenters. The van der Waals surface area contributed by atoms with Gasteiger partial charge in [-0.3, -0.25) is 9.79 Å². The van der Waals surface area contributed by atoms with Crippen LogP contribution >= 0.6 is 24.0 Å². The minimum Gasteiger partial charge on any atom is -0.357 e. The van der Waals surface area contributed by atoms with E-state index in [1.165, 1.54) is 17.5 Å². The first kappa shape index (κ1) is 23.7. The lowest BCUT2D eigenvalue weighted by Gasteiger charge is -2.20. The smallest absolute Gasteiger partial charge is 0.222 e. The molecule has 27 heavy (non-hydrogen) atoms. The number of likely N-dealkylation sites (tertiary alicyclic amines) is 1. The van der Waals surface area contributed by atoms with Crippen molar-refractivity contribution in [3.8, 4) is 0 Å². The number of halogens is 1. The van der Waals surface area contributed by atoms with E-state index in [1.54, 1.807) is 0 Å². The zero-order valence-corrected chi connectivity index (χ0v) is 19.1. The maximum absolute atomic E-state index is 12.0. The third-order valence-electron chi connectivity index (χ3n) is 4.66. The predicted molar refractivity (Wildman–Crippen MR) is 124 cm³/mol. The number of aliphatic imine (C=N–C) groups is 1. The van der Waals surface area contributed by atoms with E-state index in [-0.39, 0.29) is 24.0 Å². The van der Waals surface area contributed by atoms with E-state index >= 15 is 0 Å². The normalized spacial score (nSPS) is 15.1. The summed E-state index contributed by atoms with van der Waals surface area (Å²) in [4.78, 5) is 18.7. The molecule has 0 spiro atoms. The number of guanidine groups is 1. The van der Waals surface area contributed by atoms with E-state index in [4.69, 9.17) is 0 Å². The Balaban J connectivity index is 0.00000364. The van der Waals surface area contributed by atoms with Crippen molar-refractivity contribution in [1.29, 1.82) is 0 Å². The van der Waals surface area contributed by atoms with Gasteiger partial charge in [0.15, 0.2) is 5.96 Å². The summed E-state index contributed by atoms with van der Waals surface area (Å²) in [5.41, 5.74) is 2.64. The van der Waals surface area contributed by atoms with Crippen LogP contribution in [0.15, 0.2) is 29.3 Å². The van der Waals surface area contributed by atoms with Gasteiger partial charge in [-0.2, -0.15) is 0 Å². The van der Waals surface area contributed by atoms with Gasteiger partial charge in [-0.25, -0.2) is 0 Å². The predicted octanol–water partition coefficient (Wildman–Crippen LogP) is 3.50. The van der Waals surface area contributed by atoms with Crippen LogP contribution in [0.2, 0.25) is 0 Å². The second kappa shape index (κ2) is 13.8. The lowest BCUT2D eigenvalue weighted by atomic mass is 10.1. The first-order valence-electron chi connectivity index (χ1n) is 10.0. The van der Waals surface area contributed by atoms with E-state index in [9.17, 15) is 4.79 Å². The van der Waals surface area contributed by atoms with Crippen molar-refractivity contribution in [2.75, 3.05) is 32.7 Å². The molecule has 5 nitrogen and oxygen atoms in total. The van der Waals surface area contributed by atoms with Crippen LogP contribution in [0.25, 0.3) is 0 Å².